The molecule has 74 heavy (non-hydrogen) atoms. The zero-order valence-corrected chi connectivity index (χ0v) is 51.0. The van der Waals surface area contributed by atoms with Gasteiger partial charge in [0.25, 0.3) is 7.82 Å². The smallest absolute Gasteiger partial charge is 0.306 e. The average Bonchev–Trinajstić information content (AvgIpc) is 3.36. The molecule has 0 aliphatic carbocycles. The van der Waals surface area contributed by atoms with Gasteiger partial charge < -0.3 is 28.5 Å². The highest BCUT2D eigenvalue weighted by atomic mass is 31.2. The van der Waals surface area contributed by atoms with E-state index in [2.05, 4.69) is 38.2 Å². The van der Waals surface area contributed by atoms with Crippen LogP contribution in [0.4, 0.5) is 0 Å². The van der Waals surface area contributed by atoms with Crippen LogP contribution in [0.15, 0.2) is 24.3 Å². The molecule has 0 heterocycles. The van der Waals surface area contributed by atoms with Crippen LogP contribution in [0, 0.1) is 0 Å². The van der Waals surface area contributed by atoms with Gasteiger partial charge in [0.2, 0.25) is 5.91 Å². The second-order valence-electron chi connectivity index (χ2n) is 23.3. The van der Waals surface area contributed by atoms with Crippen molar-refractivity contribution in [3.8, 4) is 0 Å². The predicted molar refractivity (Wildman–Crippen MR) is 317 cm³/mol. The summed E-state index contributed by atoms with van der Waals surface area (Å²) in [5.74, 6) is -0.543. The van der Waals surface area contributed by atoms with Crippen molar-refractivity contribution in [2.24, 2.45) is 0 Å². The highest BCUT2D eigenvalue weighted by Gasteiger charge is 2.27. The molecule has 0 radical (unpaired) electrons. The number of allylic oxidation sites excluding steroid dienone is 3. The predicted octanol–water partition coefficient (Wildman–Crippen LogP) is 19.1. The van der Waals surface area contributed by atoms with E-state index in [1.54, 1.807) is 0 Å². The summed E-state index contributed by atoms with van der Waals surface area (Å²) >= 11 is 0. The zero-order chi connectivity index (χ0) is 54.3. The molecule has 1 N–H and O–H groups in total. The number of carbonyl (C=O) groups excluding carboxylic acids is 2. The first kappa shape index (κ1) is 72.5. The van der Waals surface area contributed by atoms with Crippen LogP contribution in [0.5, 0.6) is 0 Å². The maximum absolute atomic E-state index is 13.5. The van der Waals surface area contributed by atoms with E-state index in [0.717, 1.165) is 70.6 Å². The van der Waals surface area contributed by atoms with Gasteiger partial charge in [-0.3, -0.25) is 14.2 Å². The molecule has 0 aromatic rings. The third-order valence-electron chi connectivity index (χ3n) is 14.6. The summed E-state index contributed by atoms with van der Waals surface area (Å²) in [6.45, 7) is 6.86. The Morgan fingerprint density at radius 3 is 1.16 bits per heavy atom. The summed E-state index contributed by atoms with van der Waals surface area (Å²) in [5, 5.41) is 3.02. The fourth-order valence-corrected chi connectivity index (χ4v) is 10.4. The number of hydrogen-bond donors (Lipinski definition) is 1. The molecule has 0 spiro atoms. The number of unbranched alkanes of at least 4 members (excludes halogenated alkanes) is 41. The SMILES string of the molecule is CCCCCCCC/C=C\CCCCCC(=O)NC(COP(=O)([O-])OCC[N+](C)(C)C)C(/C=C\CCCCCCCCCCCC)OC(=O)CCCCCCCCCCCCCCCCCCCCCCCCC. The lowest BCUT2D eigenvalue weighted by atomic mass is 10.0. The fourth-order valence-electron chi connectivity index (χ4n) is 9.64. The summed E-state index contributed by atoms with van der Waals surface area (Å²) in [5.41, 5.74) is 0. The second-order valence-corrected chi connectivity index (χ2v) is 24.7. The molecule has 0 aromatic carbocycles. The number of nitrogens with zero attached hydrogens (tertiary/aromatic N) is 1. The van der Waals surface area contributed by atoms with Crippen LogP contribution in [0.1, 0.15) is 323 Å². The maximum atomic E-state index is 13.5. The molecule has 0 aromatic heterocycles. The molecule has 0 bridgehead atoms. The molecule has 3 atom stereocenters. The van der Waals surface area contributed by atoms with E-state index < -0.39 is 20.0 Å². The van der Waals surface area contributed by atoms with Crippen molar-refractivity contribution in [3.05, 3.63) is 24.3 Å². The number of phosphoric ester groups is 1. The minimum atomic E-state index is -4.69. The number of carbonyl (C=O) groups is 2. The van der Waals surface area contributed by atoms with Crippen LogP contribution >= 0.6 is 7.82 Å². The van der Waals surface area contributed by atoms with E-state index in [1.807, 2.05) is 33.3 Å². The summed E-state index contributed by atoms with van der Waals surface area (Å²) in [7, 11) is 1.19. The minimum Gasteiger partial charge on any atom is -0.756 e. The zero-order valence-electron chi connectivity index (χ0n) is 50.1. The van der Waals surface area contributed by atoms with Crippen LogP contribution in [0.2, 0.25) is 0 Å². The molecule has 9 nitrogen and oxygen atoms in total. The second kappa shape index (κ2) is 54.8. The monoisotopic (exact) mass is 1060 g/mol. The molecule has 10 heteroatoms. The number of rotatable bonds is 59. The lowest BCUT2D eigenvalue weighted by Crippen LogP contribution is -2.47. The normalized spacial score (nSPS) is 13.8. The average molecular weight is 1070 g/mol. The highest BCUT2D eigenvalue weighted by Crippen LogP contribution is 2.38. The lowest BCUT2D eigenvalue weighted by Gasteiger charge is -2.30. The molecule has 1 amide bonds. The molecule has 0 saturated carbocycles. The molecule has 0 aliphatic heterocycles. The first-order valence-electron chi connectivity index (χ1n) is 32.1. The molecule has 3 unspecified atom stereocenters. The van der Waals surface area contributed by atoms with Crippen LogP contribution in [-0.2, 0) is 27.9 Å². The third-order valence-corrected chi connectivity index (χ3v) is 15.6. The van der Waals surface area contributed by atoms with Gasteiger partial charge >= 0.3 is 5.97 Å². The van der Waals surface area contributed by atoms with Crippen molar-refractivity contribution < 1.29 is 37.3 Å². The Balaban J connectivity index is 5.10. The largest absolute Gasteiger partial charge is 0.756 e. The van der Waals surface area contributed by atoms with Crippen molar-refractivity contribution in [1.29, 1.82) is 0 Å². The van der Waals surface area contributed by atoms with Gasteiger partial charge in [0.1, 0.15) is 19.3 Å². The highest BCUT2D eigenvalue weighted by molar-refractivity contribution is 7.45. The topological polar surface area (TPSA) is 114 Å². The number of esters is 1. The number of ether oxygens (including phenoxy) is 1. The van der Waals surface area contributed by atoms with E-state index in [9.17, 15) is 19.0 Å². The van der Waals surface area contributed by atoms with E-state index in [0.29, 0.717) is 17.4 Å². The van der Waals surface area contributed by atoms with E-state index in [1.165, 1.54) is 218 Å². The number of phosphoric acid groups is 1. The Morgan fingerprint density at radius 2 is 0.784 bits per heavy atom. The van der Waals surface area contributed by atoms with Gasteiger partial charge in [-0.15, -0.1) is 0 Å². The molecular formula is C64H125N2O7P. The van der Waals surface area contributed by atoms with E-state index in [-0.39, 0.29) is 31.5 Å². The summed E-state index contributed by atoms with van der Waals surface area (Å²) in [6, 6.07) is -0.890. The standard InChI is InChI=1S/C64H125N2O7P/c1-7-10-13-16-19-22-25-28-29-30-31-32-33-34-35-36-37-39-42-45-48-51-54-57-64(68)73-62(55-52-49-46-43-40-27-24-21-18-15-12-9-3)61(60-72-74(69,70)71-59-58-66(4,5)6)65-63(67)56-53-50-47-44-41-38-26-23-20-17-14-11-8-2/h38,41,52,55,61-62H,7-37,39-40,42-51,53-54,56-60H2,1-6H3,(H-,65,67,69,70)/b41-38-,55-52-. The molecule has 0 rings (SSSR count). The first-order chi connectivity index (χ1) is 35.9. The van der Waals surface area contributed by atoms with E-state index in [4.69, 9.17) is 13.8 Å². The summed E-state index contributed by atoms with van der Waals surface area (Å²) in [4.78, 5) is 39.9. The third kappa shape index (κ3) is 55.3. The van der Waals surface area contributed by atoms with Crippen molar-refractivity contribution in [2.75, 3.05) is 40.9 Å². The van der Waals surface area contributed by atoms with Gasteiger partial charge in [-0.05, 0) is 57.4 Å². The summed E-state index contributed by atoms with van der Waals surface area (Å²) in [6.07, 6.45) is 64.4. The minimum absolute atomic E-state index is 0.0215. The number of likely N-dealkylation sites (N-methyl/N-ethyl adjacent to an activating group) is 1. The molecular weight excluding hydrogens is 940 g/mol. The van der Waals surface area contributed by atoms with Gasteiger partial charge in [0.05, 0.1) is 33.8 Å². The Kier molecular flexibility index (Phi) is 53.7. The van der Waals surface area contributed by atoms with Crippen LogP contribution in [0.3, 0.4) is 0 Å². The van der Waals surface area contributed by atoms with Crippen molar-refractivity contribution in [2.45, 2.75) is 335 Å². The molecule has 0 aliphatic rings. The van der Waals surface area contributed by atoms with Gasteiger partial charge in [-0.2, -0.15) is 0 Å². The molecule has 0 fully saturated rings. The number of quaternary nitrogens is 1. The molecule has 0 saturated heterocycles. The van der Waals surface area contributed by atoms with Crippen LogP contribution in [0.25, 0.3) is 0 Å². The van der Waals surface area contributed by atoms with Gasteiger partial charge in [-0.1, -0.05) is 277 Å². The Hall–Kier alpha value is -1.51. The first-order valence-corrected chi connectivity index (χ1v) is 33.6. The van der Waals surface area contributed by atoms with E-state index >= 15 is 0 Å². The Labute approximate surface area is 460 Å². The van der Waals surface area contributed by atoms with Crippen LogP contribution in [-0.4, -0.2) is 69.4 Å². The van der Waals surface area contributed by atoms with Crippen LogP contribution < -0.4 is 10.2 Å². The van der Waals surface area contributed by atoms with Crippen molar-refractivity contribution in [3.63, 3.8) is 0 Å². The fraction of sp³-hybridized carbons (Fsp3) is 0.906. The Bertz CT molecular complexity index is 1320. The number of nitrogens with one attached hydrogen (secondary N) is 1. The molecule has 438 valence electrons. The summed E-state index contributed by atoms with van der Waals surface area (Å²) < 4.78 is 30.3. The lowest BCUT2D eigenvalue weighted by molar-refractivity contribution is -0.870. The van der Waals surface area contributed by atoms with Gasteiger partial charge in [0, 0.05) is 12.8 Å². The van der Waals surface area contributed by atoms with Crippen molar-refractivity contribution in [1.82, 2.24) is 5.32 Å². The quantitative estimate of drug-likeness (QED) is 0.0212. The van der Waals surface area contributed by atoms with Crippen molar-refractivity contribution >= 4 is 19.7 Å². The maximum Gasteiger partial charge on any atom is 0.306 e. The van der Waals surface area contributed by atoms with Gasteiger partial charge in [0.15, 0.2) is 0 Å². The number of amides is 1. The van der Waals surface area contributed by atoms with Gasteiger partial charge in [-0.25, -0.2) is 0 Å². The number of hydrogen-bond acceptors (Lipinski definition) is 7. The Morgan fingerprint density at radius 1 is 0.459 bits per heavy atom.